The zero-order chi connectivity index (χ0) is 15.6. The predicted octanol–water partition coefficient (Wildman–Crippen LogP) is 4.92. The Morgan fingerprint density at radius 2 is 1.67 bits per heavy atom. The van der Waals surface area contributed by atoms with E-state index in [9.17, 15) is 5.11 Å². The van der Waals surface area contributed by atoms with Crippen molar-refractivity contribution in [2.75, 3.05) is 14.2 Å². The molecule has 2 rings (SSSR count). The lowest BCUT2D eigenvalue weighted by Crippen LogP contribution is -2.05. The van der Waals surface area contributed by atoms with Crippen molar-refractivity contribution in [2.45, 2.75) is 6.10 Å². The third kappa shape index (κ3) is 3.72. The van der Waals surface area contributed by atoms with Gasteiger partial charge in [-0.25, -0.2) is 0 Å². The maximum absolute atomic E-state index is 10.7. The van der Waals surface area contributed by atoms with Crippen LogP contribution in [0.1, 0.15) is 17.2 Å². The van der Waals surface area contributed by atoms with Gasteiger partial charge in [-0.2, -0.15) is 0 Å². The van der Waals surface area contributed by atoms with Crippen molar-refractivity contribution in [3.63, 3.8) is 0 Å². The first-order valence-corrected chi connectivity index (χ1v) is 8.68. The van der Waals surface area contributed by atoms with Crippen LogP contribution >= 0.6 is 54.5 Å². The standard InChI is InChI=1S/C15H13Br2IO3/c1-20-13-7-11(17)14(21-2)6-10(13)15(19)9-5-8(16)3-4-12(9)18/h3-7,15,19H,1-2H3. The summed E-state index contributed by atoms with van der Waals surface area (Å²) in [5.41, 5.74) is 1.47. The topological polar surface area (TPSA) is 38.7 Å². The number of halogens is 3. The van der Waals surface area contributed by atoms with Crippen molar-refractivity contribution < 1.29 is 14.6 Å². The molecule has 0 heterocycles. The average molecular weight is 528 g/mol. The highest BCUT2D eigenvalue weighted by atomic mass is 127. The Morgan fingerprint density at radius 3 is 2.29 bits per heavy atom. The largest absolute Gasteiger partial charge is 0.496 e. The van der Waals surface area contributed by atoms with Gasteiger partial charge in [0.1, 0.15) is 17.6 Å². The molecule has 0 aliphatic rings. The number of ether oxygens (including phenoxy) is 2. The molecule has 2 aromatic carbocycles. The van der Waals surface area contributed by atoms with E-state index in [1.807, 2.05) is 18.2 Å². The number of methoxy groups -OCH3 is 2. The van der Waals surface area contributed by atoms with E-state index in [1.54, 1.807) is 26.4 Å². The van der Waals surface area contributed by atoms with E-state index in [4.69, 9.17) is 9.47 Å². The van der Waals surface area contributed by atoms with Gasteiger partial charge in [0.05, 0.1) is 18.7 Å². The van der Waals surface area contributed by atoms with Gasteiger partial charge in [0.25, 0.3) is 0 Å². The van der Waals surface area contributed by atoms with Crippen LogP contribution < -0.4 is 9.47 Å². The molecular formula is C15H13Br2IO3. The molecule has 1 N–H and O–H groups in total. The third-order valence-electron chi connectivity index (χ3n) is 3.05. The Labute approximate surface area is 154 Å². The van der Waals surface area contributed by atoms with E-state index in [2.05, 4.69) is 54.5 Å². The lowest BCUT2D eigenvalue weighted by molar-refractivity contribution is 0.213. The fourth-order valence-corrected chi connectivity index (χ4v) is 3.48. The highest BCUT2D eigenvalue weighted by molar-refractivity contribution is 14.1. The lowest BCUT2D eigenvalue weighted by Gasteiger charge is -2.18. The summed E-state index contributed by atoms with van der Waals surface area (Å²) in [6, 6.07) is 9.37. The van der Waals surface area contributed by atoms with E-state index in [0.29, 0.717) is 17.1 Å². The van der Waals surface area contributed by atoms with Crippen LogP contribution in [0, 0.1) is 3.57 Å². The second-order valence-electron chi connectivity index (χ2n) is 4.30. The highest BCUT2D eigenvalue weighted by Gasteiger charge is 2.20. The minimum absolute atomic E-state index is 0.603. The first-order valence-electron chi connectivity index (χ1n) is 6.02. The van der Waals surface area contributed by atoms with Crippen LogP contribution in [0.3, 0.4) is 0 Å². The highest BCUT2D eigenvalue weighted by Crippen LogP contribution is 2.39. The molecule has 2 aromatic rings. The van der Waals surface area contributed by atoms with Gasteiger partial charge >= 0.3 is 0 Å². The number of rotatable bonds is 4. The lowest BCUT2D eigenvalue weighted by atomic mass is 10.0. The van der Waals surface area contributed by atoms with Crippen LogP contribution in [0.25, 0.3) is 0 Å². The van der Waals surface area contributed by atoms with Gasteiger partial charge in [0.2, 0.25) is 0 Å². The van der Waals surface area contributed by atoms with Crippen LogP contribution in [0.15, 0.2) is 39.3 Å². The maximum Gasteiger partial charge on any atom is 0.133 e. The number of benzene rings is 2. The zero-order valence-corrected chi connectivity index (χ0v) is 16.7. The van der Waals surface area contributed by atoms with Crippen molar-refractivity contribution in [1.82, 2.24) is 0 Å². The predicted molar refractivity (Wildman–Crippen MR) is 98.2 cm³/mol. The van der Waals surface area contributed by atoms with E-state index in [0.717, 1.165) is 18.1 Å². The van der Waals surface area contributed by atoms with Gasteiger partial charge in [-0.15, -0.1) is 0 Å². The van der Waals surface area contributed by atoms with Crippen LogP contribution in [0.4, 0.5) is 0 Å². The third-order valence-corrected chi connectivity index (χ3v) is 5.15. The van der Waals surface area contributed by atoms with Crippen molar-refractivity contribution in [3.8, 4) is 11.5 Å². The van der Waals surface area contributed by atoms with Gasteiger partial charge in [-0.3, -0.25) is 0 Å². The summed E-state index contributed by atoms with van der Waals surface area (Å²) in [4.78, 5) is 0. The molecule has 6 heteroatoms. The fourth-order valence-electron chi connectivity index (χ4n) is 1.99. The number of aliphatic hydroxyl groups is 1. The molecule has 0 saturated carbocycles. The summed E-state index contributed by atoms with van der Waals surface area (Å²) in [5, 5.41) is 10.7. The second kappa shape index (κ2) is 7.30. The maximum atomic E-state index is 10.7. The normalized spacial score (nSPS) is 12.1. The van der Waals surface area contributed by atoms with Crippen LogP contribution in [0.5, 0.6) is 11.5 Å². The molecular weight excluding hydrogens is 515 g/mol. The summed E-state index contributed by atoms with van der Waals surface area (Å²) in [7, 11) is 3.17. The van der Waals surface area contributed by atoms with E-state index in [1.165, 1.54) is 0 Å². The Balaban J connectivity index is 2.56. The zero-order valence-electron chi connectivity index (χ0n) is 11.4. The second-order valence-corrected chi connectivity index (χ2v) is 7.23. The van der Waals surface area contributed by atoms with Gasteiger partial charge in [0, 0.05) is 13.6 Å². The van der Waals surface area contributed by atoms with Crippen molar-refractivity contribution in [3.05, 3.63) is 54.0 Å². The number of hydrogen-bond donors (Lipinski definition) is 1. The molecule has 0 bridgehead atoms. The molecule has 1 atom stereocenters. The minimum Gasteiger partial charge on any atom is -0.496 e. The molecule has 0 amide bonds. The fraction of sp³-hybridized carbons (Fsp3) is 0.200. The summed E-state index contributed by atoms with van der Waals surface area (Å²) < 4.78 is 13.4. The molecule has 3 nitrogen and oxygen atoms in total. The summed E-state index contributed by atoms with van der Waals surface area (Å²) in [6.07, 6.45) is -0.800. The first kappa shape index (κ1) is 17.1. The van der Waals surface area contributed by atoms with Crippen LogP contribution in [0.2, 0.25) is 0 Å². The van der Waals surface area contributed by atoms with Crippen molar-refractivity contribution in [1.29, 1.82) is 0 Å². The summed E-state index contributed by atoms with van der Waals surface area (Å²) in [5.74, 6) is 1.25. The molecule has 112 valence electrons. The van der Waals surface area contributed by atoms with E-state index >= 15 is 0 Å². The van der Waals surface area contributed by atoms with Gasteiger partial charge < -0.3 is 14.6 Å². The Kier molecular flexibility index (Phi) is 5.93. The first-order chi connectivity index (χ1) is 9.97. The molecule has 0 aliphatic carbocycles. The van der Waals surface area contributed by atoms with Gasteiger partial charge in [-0.1, -0.05) is 15.9 Å². The van der Waals surface area contributed by atoms with Gasteiger partial charge in [-0.05, 0) is 74.4 Å². The summed E-state index contributed by atoms with van der Waals surface area (Å²) >= 11 is 9.06. The Morgan fingerprint density at radius 1 is 1.00 bits per heavy atom. The quantitative estimate of drug-likeness (QED) is 0.574. The SMILES string of the molecule is COc1cc(C(O)c2cc(Br)ccc2I)c(OC)cc1Br. The molecule has 0 saturated heterocycles. The molecule has 0 fully saturated rings. The molecule has 0 aliphatic heterocycles. The molecule has 1 unspecified atom stereocenters. The number of hydrogen-bond acceptors (Lipinski definition) is 3. The van der Waals surface area contributed by atoms with E-state index < -0.39 is 6.10 Å². The smallest absolute Gasteiger partial charge is 0.133 e. The average Bonchev–Trinajstić information content (AvgIpc) is 2.48. The van der Waals surface area contributed by atoms with Gasteiger partial charge in [0.15, 0.2) is 0 Å². The van der Waals surface area contributed by atoms with E-state index in [-0.39, 0.29) is 0 Å². The molecule has 0 spiro atoms. The number of aliphatic hydroxyl groups excluding tert-OH is 1. The van der Waals surface area contributed by atoms with Crippen LogP contribution in [-0.2, 0) is 0 Å². The minimum atomic E-state index is -0.800. The Bertz CT molecular complexity index is 662. The molecule has 0 aromatic heterocycles. The molecule has 0 radical (unpaired) electrons. The van der Waals surface area contributed by atoms with Crippen LogP contribution in [-0.4, -0.2) is 19.3 Å². The van der Waals surface area contributed by atoms with Crippen molar-refractivity contribution in [2.24, 2.45) is 0 Å². The van der Waals surface area contributed by atoms with Crippen molar-refractivity contribution >= 4 is 54.5 Å². The molecule has 21 heavy (non-hydrogen) atoms. The monoisotopic (exact) mass is 526 g/mol. The summed E-state index contributed by atoms with van der Waals surface area (Å²) in [6.45, 7) is 0. The Hall–Kier alpha value is -0.310.